The molecule has 0 bridgehead atoms. The highest BCUT2D eigenvalue weighted by Crippen LogP contribution is 2.38. The van der Waals surface area contributed by atoms with Crippen molar-refractivity contribution in [2.75, 3.05) is 0 Å². The number of nitrogens with zero attached hydrogens (tertiary/aromatic N) is 1. The van der Waals surface area contributed by atoms with Crippen molar-refractivity contribution in [1.29, 1.82) is 5.26 Å². The molecule has 7 heteroatoms. The maximum atomic E-state index is 12.5. The maximum absolute atomic E-state index is 12.5. The molecule has 4 nitrogen and oxygen atoms in total. The van der Waals surface area contributed by atoms with Gasteiger partial charge in [0.2, 0.25) is 5.88 Å². The van der Waals surface area contributed by atoms with E-state index in [0.717, 1.165) is 16.3 Å². The Hall–Kier alpha value is -3.66. The molecule has 0 aromatic heterocycles. The van der Waals surface area contributed by atoms with Crippen LogP contribution >= 0.6 is 0 Å². The lowest BCUT2D eigenvalue weighted by Crippen LogP contribution is -2.17. The molecule has 2 N–H and O–H groups in total. The van der Waals surface area contributed by atoms with Crippen LogP contribution in [0.15, 0.2) is 66.1 Å². The smallest absolute Gasteiger partial charge is 0.440 e. The standard InChI is InChI=1S/C21H13F3N2O2/c22-21(23,24)28-17-3-1-2-13(9-17)14-6-4-12-5-7-15-8-16(11-25)20(26)27-19(15)18(12)10-14/h1-7,9-10H,8,26H2. The number of hydrogen-bond acceptors (Lipinski definition) is 4. The minimum Gasteiger partial charge on any atom is -0.440 e. The summed E-state index contributed by atoms with van der Waals surface area (Å²) in [6.07, 6.45) is -4.38. The van der Waals surface area contributed by atoms with Gasteiger partial charge in [-0.2, -0.15) is 5.26 Å². The first-order valence-electron chi connectivity index (χ1n) is 8.32. The van der Waals surface area contributed by atoms with Gasteiger partial charge in [-0.25, -0.2) is 0 Å². The van der Waals surface area contributed by atoms with E-state index in [2.05, 4.69) is 4.74 Å². The summed E-state index contributed by atoms with van der Waals surface area (Å²) in [5.41, 5.74) is 8.29. The molecular weight excluding hydrogens is 369 g/mol. The highest BCUT2D eigenvalue weighted by atomic mass is 19.4. The minimum absolute atomic E-state index is 0.0634. The van der Waals surface area contributed by atoms with E-state index in [-0.39, 0.29) is 11.6 Å². The fraction of sp³-hybridized carbons (Fsp3) is 0.0952. The Morgan fingerprint density at radius 1 is 1.04 bits per heavy atom. The van der Waals surface area contributed by atoms with Crippen molar-refractivity contribution in [3.8, 4) is 28.7 Å². The van der Waals surface area contributed by atoms with Gasteiger partial charge >= 0.3 is 6.36 Å². The topological polar surface area (TPSA) is 68.3 Å². The van der Waals surface area contributed by atoms with Crippen molar-refractivity contribution in [2.24, 2.45) is 5.73 Å². The van der Waals surface area contributed by atoms with Gasteiger partial charge in [-0.1, -0.05) is 36.4 Å². The lowest BCUT2D eigenvalue weighted by molar-refractivity contribution is -0.274. The van der Waals surface area contributed by atoms with Gasteiger partial charge in [0.15, 0.2) is 0 Å². The molecule has 28 heavy (non-hydrogen) atoms. The van der Waals surface area contributed by atoms with Gasteiger partial charge in [0.1, 0.15) is 17.6 Å². The van der Waals surface area contributed by atoms with Crippen LogP contribution in [0.3, 0.4) is 0 Å². The highest BCUT2D eigenvalue weighted by molar-refractivity contribution is 5.93. The van der Waals surface area contributed by atoms with E-state index < -0.39 is 6.36 Å². The Bertz CT molecular complexity index is 1160. The van der Waals surface area contributed by atoms with Crippen molar-refractivity contribution in [1.82, 2.24) is 0 Å². The van der Waals surface area contributed by atoms with Gasteiger partial charge in [-0.05, 0) is 34.7 Å². The summed E-state index contributed by atoms with van der Waals surface area (Å²) in [6.45, 7) is 0. The van der Waals surface area contributed by atoms with Crippen molar-refractivity contribution in [2.45, 2.75) is 12.8 Å². The van der Waals surface area contributed by atoms with Crippen LogP contribution in [0.2, 0.25) is 0 Å². The molecule has 3 aromatic rings. The van der Waals surface area contributed by atoms with Gasteiger partial charge in [0.05, 0.1) is 5.57 Å². The molecule has 0 spiro atoms. The van der Waals surface area contributed by atoms with Crippen molar-refractivity contribution in [3.05, 3.63) is 71.6 Å². The molecule has 0 saturated carbocycles. The number of hydrogen-bond donors (Lipinski definition) is 1. The Balaban J connectivity index is 1.79. The first-order chi connectivity index (χ1) is 13.3. The number of alkyl halides is 3. The number of rotatable bonds is 2. The molecule has 3 aromatic carbocycles. The Morgan fingerprint density at radius 2 is 1.79 bits per heavy atom. The first kappa shape index (κ1) is 17.7. The fourth-order valence-corrected chi connectivity index (χ4v) is 3.19. The maximum Gasteiger partial charge on any atom is 0.573 e. The third kappa shape index (κ3) is 3.32. The van der Waals surface area contributed by atoms with Crippen LogP contribution < -0.4 is 15.2 Å². The quantitative estimate of drug-likeness (QED) is 0.675. The van der Waals surface area contributed by atoms with Gasteiger partial charge in [-0.15, -0.1) is 13.2 Å². The molecule has 1 aliphatic heterocycles. The number of nitriles is 1. The van der Waals surface area contributed by atoms with Gasteiger partial charge < -0.3 is 15.2 Å². The van der Waals surface area contributed by atoms with Crippen LogP contribution in [0.5, 0.6) is 11.5 Å². The van der Waals surface area contributed by atoms with Crippen LogP contribution in [0.25, 0.3) is 21.9 Å². The number of fused-ring (bicyclic) bond motifs is 3. The molecule has 0 fully saturated rings. The SMILES string of the molecule is N#CC1=C(N)Oc2c(ccc3ccc(-c4cccc(OC(F)(F)F)c4)cc23)C1. The normalized spacial score (nSPS) is 13.6. The van der Waals surface area contributed by atoms with E-state index in [1.165, 1.54) is 18.2 Å². The molecule has 0 radical (unpaired) electrons. The Morgan fingerprint density at radius 3 is 2.54 bits per heavy atom. The molecule has 0 aliphatic carbocycles. The second-order valence-corrected chi connectivity index (χ2v) is 6.30. The van der Waals surface area contributed by atoms with Crippen LogP contribution in [0.1, 0.15) is 5.56 Å². The van der Waals surface area contributed by atoms with E-state index in [9.17, 15) is 13.2 Å². The molecule has 0 unspecified atom stereocenters. The van der Waals surface area contributed by atoms with E-state index in [1.54, 1.807) is 6.07 Å². The van der Waals surface area contributed by atoms with Crippen molar-refractivity contribution >= 4 is 10.8 Å². The second-order valence-electron chi connectivity index (χ2n) is 6.30. The minimum atomic E-state index is -4.75. The summed E-state index contributed by atoms with van der Waals surface area (Å²) in [4.78, 5) is 0. The molecule has 1 heterocycles. The number of ether oxygens (including phenoxy) is 2. The Labute approximate surface area is 158 Å². The zero-order valence-electron chi connectivity index (χ0n) is 14.4. The lowest BCUT2D eigenvalue weighted by Gasteiger charge is -2.20. The average Bonchev–Trinajstić information content (AvgIpc) is 2.66. The van der Waals surface area contributed by atoms with Crippen LogP contribution in [0.4, 0.5) is 13.2 Å². The molecule has 0 saturated heterocycles. The number of nitrogens with two attached hydrogens (primary N) is 1. The first-order valence-corrected chi connectivity index (χ1v) is 8.32. The zero-order chi connectivity index (χ0) is 19.9. The zero-order valence-corrected chi connectivity index (χ0v) is 14.4. The molecule has 0 amide bonds. The van der Waals surface area contributed by atoms with E-state index in [4.69, 9.17) is 15.7 Å². The number of halogens is 3. The van der Waals surface area contributed by atoms with Crippen molar-refractivity contribution < 1.29 is 22.6 Å². The Kier molecular flexibility index (Phi) is 4.12. The number of allylic oxidation sites excluding steroid dienone is 1. The van der Waals surface area contributed by atoms with Crippen LogP contribution in [-0.2, 0) is 6.42 Å². The fourth-order valence-electron chi connectivity index (χ4n) is 3.19. The van der Waals surface area contributed by atoms with Crippen LogP contribution in [0, 0.1) is 11.3 Å². The molecular formula is C21H13F3N2O2. The third-order valence-corrected chi connectivity index (χ3v) is 4.47. The molecule has 1 aliphatic rings. The molecule has 0 atom stereocenters. The predicted octanol–water partition coefficient (Wildman–Crippen LogP) is 5.03. The van der Waals surface area contributed by atoms with E-state index in [1.807, 2.05) is 36.4 Å². The summed E-state index contributed by atoms with van der Waals surface area (Å²) in [6, 6.07) is 17.1. The number of benzene rings is 3. The average molecular weight is 382 g/mol. The second kappa shape index (κ2) is 6.50. The van der Waals surface area contributed by atoms with Crippen LogP contribution in [-0.4, -0.2) is 6.36 Å². The highest BCUT2D eigenvalue weighted by Gasteiger charge is 2.31. The monoisotopic (exact) mass is 382 g/mol. The van der Waals surface area contributed by atoms with Crippen molar-refractivity contribution in [3.63, 3.8) is 0 Å². The summed E-state index contributed by atoms with van der Waals surface area (Å²) in [5.74, 6) is 0.328. The summed E-state index contributed by atoms with van der Waals surface area (Å²) in [5, 5.41) is 10.8. The van der Waals surface area contributed by atoms with Gasteiger partial charge in [-0.3, -0.25) is 0 Å². The largest absolute Gasteiger partial charge is 0.573 e. The van der Waals surface area contributed by atoms with Gasteiger partial charge in [0.25, 0.3) is 0 Å². The summed E-state index contributed by atoms with van der Waals surface area (Å²) < 4.78 is 47.2. The molecule has 140 valence electrons. The van der Waals surface area contributed by atoms with E-state index in [0.29, 0.717) is 28.9 Å². The summed E-state index contributed by atoms with van der Waals surface area (Å²) in [7, 11) is 0. The predicted molar refractivity (Wildman–Crippen MR) is 97.2 cm³/mol. The third-order valence-electron chi connectivity index (χ3n) is 4.47. The van der Waals surface area contributed by atoms with E-state index >= 15 is 0 Å². The van der Waals surface area contributed by atoms with Gasteiger partial charge in [0, 0.05) is 17.4 Å². The summed E-state index contributed by atoms with van der Waals surface area (Å²) >= 11 is 0. The lowest BCUT2D eigenvalue weighted by atomic mass is 9.95. The molecule has 4 rings (SSSR count).